The number of rotatable bonds is 4. The first kappa shape index (κ1) is 13.5. The standard InChI is InChI=1S/C17H17N3O/c1-12-7-9-14(10-8-12)17-19-16(21-20-17)11-15(18)13-5-3-2-4-6-13/h2-10,15H,11,18H2,1H3. The molecule has 106 valence electrons. The predicted molar refractivity (Wildman–Crippen MR) is 81.5 cm³/mol. The molecule has 1 atom stereocenters. The third kappa shape index (κ3) is 3.17. The van der Waals surface area contributed by atoms with Gasteiger partial charge in [-0.2, -0.15) is 4.98 Å². The number of aryl methyl sites for hydroxylation is 1. The quantitative estimate of drug-likeness (QED) is 0.796. The van der Waals surface area contributed by atoms with Crippen LogP contribution in [0, 0.1) is 6.92 Å². The van der Waals surface area contributed by atoms with Crippen LogP contribution in [-0.4, -0.2) is 10.1 Å². The van der Waals surface area contributed by atoms with Crippen molar-refractivity contribution < 1.29 is 4.52 Å². The normalized spacial score (nSPS) is 12.3. The first-order valence-corrected chi connectivity index (χ1v) is 6.92. The van der Waals surface area contributed by atoms with Gasteiger partial charge in [0.2, 0.25) is 11.7 Å². The van der Waals surface area contributed by atoms with E-state index in [1.807, 2.05) is 61.5 Å². The van der Waals surface area contributed by atoms with E-state index in [2.05, 4.69) is 10.1 Å². The molecule has 0 aliphatic heterocycles. The molecule has 21 heavy (non-hydrogen) atoms. The van der Waals surface area contributed by atoms with Crippen LogP contribution < -0.4 is 5.73 Å². The third-order valence-corrected chi connectivity index (χ3v) is 3.40. The number of aromatic nitrogens is 2. The van der Waals surface area contributed by atoms with E-state index in [0.717, 1.165) is 11.1 Å². The molecular formula is C17H17N3O. The molecule has 1 heterocycles. The Kier molecular flexibility index (Phi) is 3.79. The molecule has 0 saturated carbocycles. The summed E-state index contributed by atoms with van der Waals surface area (Å²) in [4.78, 5) is 4.42. The van der Waals surface area contributed by atoms with Crippen LogP contribution in [0.15, 0.2) is 59.1 Å². The maximum Gasteiger partial charge on any atom is 0.228 e. The molecular weight excluding hydrogens is 262 g/mol. The molecule has 1 aromatic heterocycles. The highest BCUT2D eigenvalue weighted by molar-refractivity contribution is 5.54. The van der Waals surface area contributed by atoms with Gasteiger partial charge in [-0.15, -0.1) is 0 Å². The van der Waals surface area contributed by atoms with Gasteiger partial charge in [0, 0.05) is 18.0 Å². The molecule has 0 fully saturated rings. The molecule has 0 radical (unpaired) electrons. The smallest absolute Gasteiger partial charge is 0.228 e. The second kappa shape index (κ2) is 5.89. The summed E-state index contributed by atoms with van der Waals surface area (Å²) in [5, 5.41) is 4.02. The SMILES string of the molecule is Cc1ccc(-c2noc(CC(N)c3ccccc3)n2)cc1. The van der Waals surface area contributed by atoms with E-state index in [-0.39, 0.29) is 6.04 Å². The summed E-state index contributed by atoms with van der Waals surface area (Å²) in [5.74, 6) is 1.16. The van der Waals surface area contributed by atoms with Crippen molar-refractivity contribution in [3.05, 3.63) is 71.6 Å². The summed E-state index contributed by atoms with van der Waals surface area (Å²) < 4.78 is 5.30. The van der Waals surface area contributed by atoms with Gasteiger partial charge in [-0.1, -0.05) is 65.3 Å². The molecule has 0 spiro atoms. The monoisotopic (exact) mass is 279 g/mol. The highest BCUT2D eigenvalue weighted by Gasteiger charge is 2.13. The van der Waals surface area contributed by atoms with E-state index in [0.29, 0.717) is 18.1 Å². The minimum absolute atomic E-state index is 0.141. The second-order valence-corrected chi connectivity index (χ2v) is 5.10. The molecule has 3 rings (SSSR count). The Hall–Kier alpha value is -2.46. The van der Waals surface area contributed by atoms with Crippen LogP contribution in [0.2, 0.25) is 0 Å². The maximum absolute atomic E-state index is 6.17. The fourth-order valence-corrected chi connectivity index (χ4v) is 2.16. The zero-order chi connectivity index (χ0) is 14.7. The van der Waals surface area contributed by atoms with Gasteiger partial charge in [-0.25, -0.2) is 0 Å². The van der Waals surface area contributed by atoms with E-state index in [1.54, 1.807) is 0 Å². The number of hydrogen-bond donors (Lipinski definition) is 1. The lowest BCUT2D eigenvalue weighted by Gasteiger charge is -2.08. The number of benzene rings is 2. The van der Waals surface area contributed by atoms with Crippen molar-refractivity contribution in [3.8, 4) is 11.4 Å². The van der Waals surface area contributed by atoms with Crippen LogP contribution >= 0.6 is 0 Å². The Morgan fingerprint density at radius 3 is 2.48 bits per heavy atom. The van der Waals surface area contributed by atoms with Gasteiger partial charge in [0.15, 0.2) is 0 Å². The fraction of sp³-hybridized carbons (Fsp3) is 0.176. The lowest BCUT2D eigenvalue weighted by molar-refractivity contribution is 0.370. The van der Waals surface area contributed by atoms with Crippen molar-refractivity contribution >= 4 is 0 Å². The Morgan fingerprint density at radius 1 is 1.05 bits per heavy atom. The zero-order valence-electron chi connectivity index (χ0n) is 11.9. The maximum atomic E-state index is 6.17. The Bertz CT molecular complexity index is 704. The largest absolute Gasteiger partial charge is 0.339 e. The van der Waals surface area contributed by atoms with Gasteiger partial charge < -0.3 is 10.3 Å². The molecule has 0 saturated heterocycles. The molecule has 2 N–H and O–H groups in total. The minimum atomic E-state index is -0.141. The summed E-state index contributed by atoms with van der Waals surface area (Å²) in [7, 11) is 0. The van der Waals surface area contributed by atoms with Crippen LogP contribution in [0.4, 0.5) is 0 Å². The molecule has 0 aliphatic carbocycles. The van der Waals surface area contributed by atoms with E-state index in [4.69, 9.17) is 10.3 Å². The van der Waals surface area contributed by atoms with Crippen molar-refractivity contribution in [3.63, 3.8) is 0 Å². The molecule has 4 heteroatoms. The van der Waals surface area contributed by atoms with Crippen molar-refractivity contribution in [2.45, 2.75) is 19.4 Å². The topological polar surface area (TPSA) is 64.9 Å². The van der Waals surface area contributed by atoms with E-state index in [9.17, 15) is 0 Å². The van der Waals surface area contributed by atoms with Crippen molar-refractivity contribution in [1.82, 2.24) is 10.1 Å². The van der Waals surface area contributed by atoms with Gasteiger partial charge in [0.05, 0.1) is 0 Å². The average molecular weight is 279 g/mol. The summed E-state index contributed by atoms with van der Waals surface area (Å²) in [6.45, 7) is 2.05. The van der Waals surface area contributed by atoms with Crippen molar-refractivity contribution in [2.75, 3.05) is 0 Å². The first-order valence-electron chi connectivity index (χ1n) is 6.92. The van der Waals surface area contributed by atoms with Crippen LogP contribution in [0.5, 0.6) is 0 Å². The molecule has 0 bridgehead atoms. The summed E-state index contributed by atoms with van der Waals surface area (Å²) in [6, 6.07) is 17.8. The van der Waals surface area contributed by atoms with Crippen molar-refractivity contribution in [1.29, 1.82) is 0 Å². The average Bonchev–Trinajstić information content (AvgIpc) is 2.97. The molecule has 0 amide bonds. The summed E-state index contributed by atoms with van der Waals surface area (Å²) in [6.07, 6.45) is 0.531. The third-order valence-electron chi connectivity index (χ3n) is 3.40. The lowest BCUT2D eigenvalue weighted by atomic mass is 10.1. The van der Waals surface area contributed by atoms with E-state index in [1.165, 1.54) is 5.56 Å². The summed E-state index contributed by atoms with van der Waals surface area (Å²) >= 11 is 0. The van der Waals surface area contributed by atoms with Gasteiger partial charge in [-0.05, 0) is 12.5 Å². The highest BCUT2D eigenvalue weighted by Crippen LogP contribution is 2.19. The molecule has 1 unspecified atom stereocenters. The van der Waals surface area contributed by atoms with Gasteiger partial charge in [0.25, 0.3) is 0 Å². The fourth-order valence-electron chi connectivity index (χ4n) is 2.16. The minimum Gasteiger partial charge on any atom is -0.339 e. The molecule has 0 aliphatic rings. The molecule has 2 aromatic carbocycles. The van der Waals surface area contributed by atoms with Crippen LogP contribution in [0.25, 0.3) is 11.4 Å². The first-order chi connectivity index (χ1) is 10.2. The second-order valence-electron chi connectivity index (χ2n) is 5.10. The van der Waals surface area contributed by atoms with E-state index >= 15 is 0 Å². The highest BCUT2D eigenvalue weighted by atomic mass is 16.5. The predicted octanol–water partition coefficient (Wildman–Crippen LogP) is 3.29. The van der Waals surface area contributed by atoms with E-state index < -0.39 is 0 Å². The zero-order valence-corrected chi connectivity index (χ0v) is 11.9. The Labute approximate surface area is 123 Å². The van der Waals surface area contributed by atoms with Gasteiger partial charge >= 0.3 is 0 Å². The lowest BCUT2D eigenvalue weighted by Crippen LogP contribution is -2.13. The van der Waals surface area contributed by atoms with Crippen LogP contribution in [0.3, 0.4) is 0 Å². The van der Waals surface area contributed by atoms with Gasteiger partial charge in [0.1, 0.15) is 0 Å². The Morgan fingerprint density at radius 2 is 1.76 bits per heavy atom. The number of hydrogen-bond acceptors (Lipinski definition) is 4. The number of nitrogens with zero attached hydrogens (tertiary/aromatic N) is 2. The summed E-state index contributed by atoms with van der Waals surface area (Å²) in [5.41, 5.74) is 9.38. The van der Waals surface area contributed by atoms with Crippen LogP contribution in [0.1, 0.15) is 23.1 Å². The Balaban J connectivity index is 1.75. The number of nitrogens with two attached hydrogens (primary N) is 1. The van der Waals surface area contributed by atoms with Crippen molar-refractivity contribution in [2.24, 2.45) is 5.73 Å². The molecule has 3 aromatic rings. The van der Waals surface area contributed by atoms with Crippen LogP contribution in [-0.2, 0) is 6.42 Å². The molecule has 4 nitrogen and oxygen atoms in total. The van der Waals surface area contributed by atoms with Gasteiger partial charge in [-0.3, -0.25) is 0 Å².